The first kappa shape index (κ1) is 37.1. The van der Waals surface area contributed by atoms with Gasteiger partial charge in [0.15, 0.2) is 0 Å². The summed E-state index contributed by atoms with van der Waals surface area (Å²) in [6.45, 7) is 13.9. The summed E-state index contributed by atoms with van der Waals surface area (Å²) in [4.78, 5) is 0. The zero-order chi connectivity index (χ0) is 41.6. The summed E-state index contributed by atoms with van der Waals surface area (Å²) in [5.41, 5.74) is 14.2. The van der Waals surface area contributed by atoms with Gasteiger partial charge < -0.3 is 4.42 Å². The Bertz CT molecular complexity index is 3390. The van der Waals surface area contributed by atoms with Crippen molar-refractivity contribution in [1.82, 2.24) is 0 Å². The van der Waals surface area contributed by atoms with Gasteiger partial charge in [0.2, 0.25) is 0 Å². The molecule has 0 saturated carbocycles. The Hall–Kier alpha value is -6.96. The lowest BCUT2D eigenvalue weighted by Crippen LogP contribution is -2.16. The molecule has 61 heavy (non-hydrogen) atoms. The van der Waals surface area contributed by atoms with Gasteiger partial charge in [-0.1, -0.05) is 211 Å². The number of para-hydroxylation sites is 1. The summed E-state index contributed by atoms with van der Waals surface area (Å²) in [6, 6.07) is 67.2. The highest BCUT2D eigenvalue weighted by molar-refractivity contribution is 6.25. The molecule has 1 nitrogen and oxygen atoms in total. The van der Waals surface area contributed by atoms with Gasteiger partial charge in [-0.15, -0.1) is 0 Å². The van der Waals surface area contributed by atoms with E-state index in [0.717, 1.165) is 33.1 Å². The van der Waals surface area contributed by atoms with Crippen molar-refractivity contribution in [1.29, 1.82) is 0 Å². The topological polar surface area (TPSA) is 13.1 Å². The van der Waals surface area contributed by atoms with Crippen molar-refractivity contribution in [2.24, 2.45) is 0 Å². The van der Waals surface area contributed by atoms with E-state index < -0.39 is 0 Å². The van der Waals surface area contributed by atoms with Gasteiger partial charge >= 0.3 is 0 Å². The Balaban J connectivity index is 1.16. The van der Waals surface area contributed by atoms with Gasteiger partial charge in [-0.05, 0) is 111 Å². The van der Waals surface area contributed by atoms with E-state index in [4.69, 9.17) is 4.42 Å². The lowest BCUT2D eigenvalue weighted by atomic mass is 9.77. The maximum Gasteiger partial charge on any atom is 0.143 e. The summed E-state index contributed by atoms with van der Waals surface area (Å²) >= 11 is 0. The fraction of sp³-hybridized carbons (Fsp3) is 0.133. The highest BCUT2D eigenvalue weighted by Gasteiger charge is 2.25. The predicted molar refractivity (Wildman–Crippen MR) is 263 cm³/mol. The van der Waals surface area contributed by atoms with Gasteiger partial charge in [-0.25, -0.2) is 0 Å². The molecule has 0 fully saturated rings. The number of hydrogen-bond donors (Lipinski definition) is 0. The largest absolute Gasteiger partial charge is 0.455 e. The quantitative estimate of drug-likeness (QED) is 0.162. The smallest absolute Gasteiger partial charge is 0.143 e. The molecular weight excluding hydrogens is 737 g/mol. The minimum absolute atomic E-state index is 0.00414. The van der Waals surface area contributed by atoms with Gasteiger partial charge in [0.05, 0.1) is 0 Å². The van der Waals surface area contributed by atoms with Gasteiger partial charge in [0.25, 0.3) is 0 Å². The Morgan fingerprint density at radius 3 is 1.18 bits per heavy atom. The Morgan fingerprint density at radius 2 is 0.705 bits per heavy atom. The zero-order valence-corrected chi connectivity index (χ0v) is 35.7. The highest BCUT2D eigenvalue weighted by atomic mass is 16.3. The predicted octanol–water partition coefficient (Wildman–Crippen LogP) is 17.5. The Labute approximate surface area is 357 Å². The Kier molecular flexibility index (Phi) is 8.38. The Morgan fingerprint density at radius 1 is 0.295 bits per heavy atom. The van der Waals surface area contributed by atoms with Crippen molar-refractivity contribution in [3.8, 4) is 44.5 Å². The molecule has 0 atom stereocenters. The van der Waals surface area contributed by atoms with E-state index >= 15 is 0 Å². The van der Waals surface area contributed by atoms with Crippen molar-refractivity contribution >= 4 is 65.0 Å². The van der Waals surface area contributed by atoms with Crippen LogP contribution in [0.2, 0.25) is 0 Å². The third-order valence-electron chi connectivity index (χ3n) is 12.9. The summed E-state index contributed by atoms with van der Waals surface area (Å²) in [7, 11) is 0. The summed E-state index contributed by atoms with van der Waals surface area (Å²) < 4.78 is 7.14. The number of fused-ring (bicyclic) bond motifs is 7. The lowest BCUT2D eigenvalue weighted by Gasteiger charge is -2.27. The molecule has 11 aromatic rings. The molecule has 0 aliphatic heterocycles. The van der Waals surface area contributed by atoms with E-state index in [9.17, 15) is 0 Å². The van der Waals surface area contributed by atoms with Crippen LogP contribution in [0, 0.1) is 0 Å². The van der Waals surface area contributed by atoms with Crippen LogP contribution in [-0.2, 0) is 10.8 Å². The van der Waals surface area contributed by atoms with Crippen LogP contribution in [0.1, 0.15) is 52.7 Å². The molecule has 0 aliphatic rings. The molecule has 1 heteroatoms. The molecule has 10 aromatic carbocycles. The third-order valence-corrected chi connectivity index (χ3v) is 12.9. The highest BCUT2D eigenvalue weighted by Crippen LogP contribution is 2.49. The molecule has 0 saturated heterocycles. The van der Waals surface area contributed by atoms with Crippen LogP contribution in [0.15, 0.2) is 186 Å². The zero-order valence-electron chi connectivity index (χ0n) is 35.7. The average Bonchev–Trinajstić information content (AvgIpc) is 3.65. The second-order valence-corrected chi connectivity index (χ2v) is 18.8. The van der Waals surface area contributed by atoms with Crippen molar-refractivity contribution in [3.05, 3.63) is 193 Å². The van der Waals surface area contributed by atoms with Crippen LogP contribution in [0.25, 0.3) is 110 Å². The third kappa shape index (κ3) is 5.98. The van der Waals surface area contributed by atoms with E-state index in [1.54, 1.807) is 0 Å². The molecule has 1 aromatic heterocycles. The monoisotopic (exact) mass is 784 g/mol. The standard InChI is InChI=1S/C60H48O/c1-59(2,3)40-33-39(34-41(36-40)60(4,5)6)56-47-25-14-16-27-49(47)57(50-28-17-15-26-48(50)56)52-30-18-29-51-42-32-31-38(35-53(42)61-58(51)52)55-45-23-12-10-21-43(45)54(37-19-8-7-9-20-37)44-22-11-13-24-46(44)55/h7-36H,1-6H3. The second-order valence-electron chi connectivity index (χ2n) is 18.8. The first-order valence-electron chi connectivity index (χ1n) is 21.6. The van der Waals surface area contributed by atoms with Crippen LogP contribution in [0.4, 0.5) is 0 Å². The van der Waals surface area contributed by atoms with Gasteiger partial charge in [0.1, 0.15) is 11.2 Å². The van der Waals surface area contributed by atoms with Gasteiger partial charge in [0, 0.05) is 21.9 Å². The van der Waals surface area contributed by atoms with Crippen molar-refractivity contribution in [3.63, 3.8) is 0 Å². The summed E-state index contributed by atoms with van der Waals surface area (Å²) in [5, 5.41) is 12.1. The molecule has 0 aliphatic carbocycles. The lowest BCUT2D eigenvalue weighted by molar-refractivity contribution is 0.569. The van der Waals surface area contributed by atoms with Gasteiger partial charge in [-0.2, -0.15) is 0 Å². The maximum atomic E-state index is 7.14. The minimum atomic E-state index is 0.00414. The van der Waals surface area contributed by atoms with E-state index in [2.05, 4.69) is 224 Å². The fourth-order valence-electron chi connectivity index (χ4n) is 9.87. The molecule has 294 valence electrons. The maximum absolute atomic E-state index is 7.14. The van der Waals surface area contributed by atoms with Crippen LogP contribution in [0.3, 0.4) is 0 Å². The molecule has 0 radical (unpaired) electrons. The van der Waals surface area contributed by atoms with Crippen LogP contribution in [-0.4, -0.2) is 0 Å². The van der Waals surface area contributed by atoms with Crippen LogP contribution < -0.4 is 0 Å². The van der Waals surface area contributed by atoms with Crippen molar-refractivity contribution in [2.75, 3.05) is 0 Å². The van der Waals surface area contributed by atoms with Crippen LogP contribution in [0.5, 0.6) is 0 Å². The first-order valence-corrected chi connectivity index (χ1v) is 21.6. The molecule has 0 N–H and O–H groups in total. The molecule has 0 amide bonds. The first-order chi connectivity index (χ1) is 29.5. The number of rotatable bonds is 4. The molecule has 0 bridgehead atoms. The molecule has 1 heterocycles. The van der Waals surface area contributed by atoms with E-state index in [-0.39, 0.29) is 10.8 Å². The van der Waals surface area contributed by atoms with Crippen molar-refractivity contribution in [2.45, 2.75) is 52.4 Å². The second kappa shape index (κ2) is 13.8. The molecule has 11 rings (SSSR count). The van der Waals surface area contributed by atoms with Crippen LogP contribution >= 0.6 is 0 Å². The van der Waals surface area contributed by atoms with E-state index in [0.29, 0.717) is 0 Å². The number of hydrogen-bond acceptors (Lipinski definition) is 1. The number of furan rings is 1. The van der Waals surface area contributed by atoms with E-state index in [1.807, 2.05) is 0 Å². The van der Waals surface area contributed by atoms with Gasteiger partial charge in [-0.3, -0.25) is 0 Å². The molecule has 0 spiro atoms. The fourth-order valence-corrected chi connectivity index (χ4v) is 9.87. The SMILES string of the molecule is CC(C)(C)c1cc(-c2c3ccccc3c(-c3cccc4c3oc3cc(-c5c6ccccc6c(-c6ccccc6)c6ccccc56)ccc34)c3ccccc23)cc(C(C)(C)C)c1. The van der Waals surface area contributed by atoms with E-state index in [1.165, 1.54) is 87.6 Å². The average molecular weight is 785 g/mol. The molecular formula is C60H48O. The normalized spacial score (nSPS) is 12.4. The minimum Gasteiger partial charge on any atom is -0.455 e. The molecule has 0 unspecified atom stereocenters. The number of benzene rings is 10. The summed E-state index contributed by atoms with van der Waals surface area (Å²) in [5.74, 6) is 0. The summed E-state index contributed by atoms with van der Waals surface area (Å²) in [6.07, 6.45) is 0. The van der Waals surface area contributed by atoms with Crippen molar-refractivity contribution < 1.29 is 4.42 Å².